The van der Waals surface area contributed by atoms with Crippen LogP contribution in [0.15, 0.2) is 54.7 Å². The number of carbonyl (C=O) groups is 2. The molecule has 1 saturated carbocycles. The number of methoxy groups -OCH3 is 1. The minimum Gasteiger partial charge on any atom is -0.481 e. The smallest absolute Gasteiger partial charge is 0.343 e. The largest absolute Gasteiger partial charge is 0.481 e. The number of Topliss-reactive ketones (excluding diaryl/α,β-unsaturated/α-hetero) is 1. The number of benzene rings is 2. The Morgan fingerprint density at radius 2 is 1.88 bits per heavy atom. The molecule has 218 valence electrons. The number of rotatable bonds is 12. The number of hydrogen-bond acceptors (Lipinski definition) is 7. The van der Waals surface area contributed by atoms with Gasteiger partial charge in [0.15, 0.2) is 0 Å². The number of ketones is 1. The Kier molecular flexibility index (Phi) is 9.24. The number of pyridine rings is 1. The molecule has 0 radical (unpaired) electrons. The summed E-state index contributed by atoms with van der Waals surface area (Å²) in [5.41, 5.74) is 2.28. The summed E-state index contributed by atoms with van der Waals surface area (Å²) >= 11 is 0. The van der Waals surface area contributed by atoms with Crippen LogP contribution in [0.5, 0.6) is 11.6 Å². The SMILES string of the molecule is COc1cc(-c2ccc(C(=O)Oc3cccc([C@H](C4CC4)[C@H](C)C(C)=O)c3)cc2CN(C)C(C)(C)CO)c(F)cn1. The Hall–Kier alpha value is -3.62. The van der Waals surface area contributed by atoms with Gasteiger partial charge in [-0.1, -0.05) is 25.1 Å². The van der Waals surface area contributed by atoms with Crippen LogP contribution in [0.1, 0.15) is 67.9 Å². The third-order valence-electron chi connectivity index (χ3n) is 8.26. The predicted molar refractivity (Wildman–Crippen MR) is 156 cm³/mol. The summed E-state index contributed by atoms with van der Waals surface area (Å²) in [6.45, 7) is 7.63. The predicted octanol–water partition coefficient (Wildman–Crippen LogP) is 6.04. The average Bonchev–Trinajstić information content (AvgIpc) is 3.79. The van der Waals surface area contributed by atoms with Crippen LogP contribution in [0.4, 0.5) is 4.39 Å². The Bertz CT molecular complexity index is 1420. The van der Waals surface area contributed by atoms with E-state index in [9.17, 15) is 19.1 Å². The molecule has 3 aromatic rings. The first-order valence-corrected chi connectivity index (χ1v) is 13.9. The van der Waals surface area contributed by atoms with Gasteiger partial charge in [0.1, 0.15) is 17.3 Å². The first kappa shape index (κ1) is 30.3. The summed E-state index contributed by atoms with van der Waals surface area (Å²) in [7, 11) is 3.32. The number of halogens is 1. The van der Waals surface area contributed by atoms with E-state index in [2.05, 4.69) is 4.98 Å². The van der Waals surface area contributed by atoms with E-state index in [1.54, 1.807) is 31.2 Å². The summed E-state index contributed by atoms with van der Waals surface area (Å²) in [5, 5.41) is 9.89. The Balaban J connectivity index is 1.67. The van der Waals surface area contributed by atoms with Gasteiger partial charge in [0.2, 0.25) is 5.88 Å². The van der Waals surface area contributed by atoms with Crippen LogP contribution in [0, 0.1) is 17.7 Å². The summed E-state index contributed by atoms with van der Waals surface area (Å²) in [4.78, 5) is 31.4. The van der Waals surface area contributed by atoms with Crippen molar-refractivity contribution in [3.05, 3.63) is 77.2 Å². The molecule has 0 unspecified atom stereocenters. The van der Waals surface area contributed by atoms with Gasteiger partial charge in [-0.15, -0.1) is 0 Å². The van der Waals surface area contributed by atoms with E-state index in [1.165, 1.54) is 13.2 Å². The molecule has 8 heteroatoms. The van der Waals surface area contributed by atoms with Crippen LogP contribution in [0.3, 0.4) is 0 Å². The van der Waals surface area contributed by atoms with Crippen molar-refractivity contribution in [1.82, 2.24) is 9.88 Å². The molecule has 1 aliphatic rings. The molecular weight excluding hydrogens is 523 g/mol. The Morgan fingerprint density at radius 3 is 2.51 bits per heavy atom. The normalized spacial score (nSPS) is 15.0. The lowest BCUT2D eigenvalue weighted by Gasteiger charge is -2.34. The van der Waals surface area contributed by atoms with Gasteiger partial charge >= 0.3 is 5.97 Å². The molecule has 4 rings (SSSR count). The number of carbonyl (C=O) groups excluding carboxylic acids is 2. The van der Waals surface area contributed by atoms with Gasteiger partial charge in [0.05, 0.1) is 25.5 Å². The fourth-order valence-electron chi connectivity index (χ4n) is 5.07. The lowest BCUT2D eigenvalue weighted by Crippen LogP contribution is -2.43. The molecule has 1 aromatic heterocycles. The number of nitrogens with zero attached hydrogens (tertiary/aromatic N) is 2. The van der Waals surface area contributed by atoms with Crippen molar-refractivity contribution < 1.29 is 28.6 Å². The van der Waals surface area contributed by atoms with Crippen molar-refractivity contribution in [2.75, 3.05) is 20.8 Å². The van der Waals surface area contributed by atoms with E-state index in [1.807, 2.05) is 50.9 Å². The number of aromatic nitrogens is 1. The van der Waals surface area contributed by atoms with Crippen molar-refractivity contribution in [1.29, 1.82) is 0 Å². The molecule has 1 N–H and O–H groups in total. The molecule has 0 saturated heterocycles. The Morgan fingerprint density at radius 1 is 1.15 bits per heavy atom. The van der Waals surface area contributed by atoms with Gasteiger partial charge in [-0.2, -0.15) is 0 Å². The molecule has 2 aromatic carbocycles. The molecule has 1 fully saturated rings. The summed E-state index contributed by atoms with van der Waals surface area (Å²) in [6, 6.07) is 13.9. The van der Waals surface area contributed by atoms with Gasteiger partial charge < -0.3 is 14.6 Å². The van der Waals surface area contributed by atoms with E-state index < -0.39 is 17.3 Å². The van der Waals surface area contributed by atoms with E-state index in [0.717, 1.165) is 24.6 Å². The highest BCUT2D eigenvalue weighted by Crippen LogP contribution is 2.47. The van der Waals surface area contributed by atoms with Gasteiger partial charge in [-0.3, -0.25) is 9.69 Å². The summed E-state index contributed by atoms with van der Waals surface area (Å²) < 4.78 is 26.0. The van der Waals surface area contributed by atoms with Crippen LogP contribution in [-0.2, 0) is 11.3 Å². The van der Waals surface area contributed by atoms with E-state index >= 15 is 0 Å². The maximum atomic E-state index is 14.9. The minimum atomic E-state index is -0.558. The number of ether oxygens (including phenoxy) is 2. The first-order chi connectivity index (χ1) is 19.4. The highest BCUT2D eigenvalue weighted by atomic mass is 19.1. The second-order valence-electron chi connectivity index (χ2n) is 11.6. The van der Waals surface area contributed by atoms with Crippen LogP contribution < -0.4 is 9.47 Å². The number of hydrogen-bond donors (Lipinski definition) is 1. The van der Waals surface area contributed by atoms with Gasteiger partial charge in [-0.25, -0.2) is 14.2 Å². The standard InChI is InChI=1S/C33H39FN2O5/c1-20(21(2)38)31(22-10-11-22)23-8-7-9-26(15-23)41-32(39)24-12-13-27(28-16-30(40-6)35-17-29(28)34)25(14-24)18-36(5)33(3,4)19-37/h7-9,12-17,20,22,31,37H,10-11,18-19H2,1-6H3/t20-,31+/m1/s1. The lowest BCUT2D eigenvalue weighted by molar-refractivity contribution is -0.121. The van der Waals surface area contributed by atoms with E-state index in [0.29, 0.717) is 40.5 Å². The van der Waals surface area contributed by atoms with Crippen molar-refractivity contribution in [3.8, 4) is 22.8 Å². The molecular formula is C33H39FN2O5. The fourth-order valence-corrected chi connectivity index (χ4v) is 5.07. The summed E-state index contributed by atoms with van der Waals surface area (Å²) in [5.74, 6) is 0.191. The van der Waals surface area contributed by atoms with E-state index in [-0.39, 0.29) is 30.1 Å². The number of esters is 1. The maximum Gasteiger partial charge on any atom is 0.343 e. The number of aliphatic hydroxyl groups is 1. The zero-order valence-electron chi connectivity index (χ0n) is 24.6. The quantitative estimate of drug-likeness (QED) is 0.213. The molecule has 7 nitrogen and oxygen atoms in total. The van der Waals surface area contributed by atoms with Gasteiger partial charge in [0.25, 0.3) is 0 Å². The molecule has 0 amide bonds. The topological polar surface area (TPSA) is 89.0 Å². The molecule has 2 atom stereocenters. The van der Waals surface area contributed by atoms with E-state index in [4.69, 9.17) is 9.47 Å². The van der Waals surface area contributed by atoms with Crippen molar-refractivity contribution in [2.45, 2.75) is 58.5 Å². The van der Waals surface area contributed by atoms with Gasteiger partial charge in [-0.05, 0) is 93.5 Å². The number of likely N-dealkylation sites (N-methyl/N-ethyl adjacent to an activating group) is 1. The zero-order chi connectivity index (χ0) is 29.9. The van der Waals surface area contributed by atoms with Crippen molar-refractivity contribution >= 4 is 11.8 Å². The number of aliphatic hydroxyl groups excluding tert-OH is 1. The monoisotopic (exact) mass is 562 g/mol. The van der Waals surface area contributed by atoms with Crippen LogP contribution in [0.2, 0.25) is 0 Å². The zero-order valence-corrected chi connectivity index (χ0v) is 24.6. The Labute approximate surface area is 241 Å². The molecule has 1 aliphatic carbocycles. The van der Waals surface area contributed by atoms with Crippen molar-refractivity contribution in [2.24, 2.45) is 11.8 Å². The lowest BCUT2D eigenvalue weighted by atomic mass is 9.81. The summed E-state index contributed by atoms with van der Waals surface area (Å²) in [6.07, 6.45) is 3.29. The molecule has 1 heterocycles. The minimum absolute atomic E-state index is 0.0849. The average molecular weight is 563 g/mol. The fraction of sp³-hybridized carbons (Fsp3) is 0.424. The molecule has 41 heavy (non-hydrogen) atoms. The third-order valence-corrected chi connectivity index (χ3v) is 8.26. The van der Waals surface area contributed by atoms with Crippen LogP contribution >= 0.6 is 0 Å². The second kappa shape index (κ2) is 12.5. The van der Waals surface area contributed by atoms with Crippen molar-refractivity contribution in [3.63, 3.8) is 0 Å². The van der Waals surface area contributed by atoms with Crippen LogP contribution in [0.25, 0.3) is 11.1 Å². The molecule has 0 aliphatic heterocycles. The maximum absolute atomic E-state index is 14.9. The first-order valence-electron chi connectivity index (χ1n) is 13.9. The van der Waals surface area contributed by atoms with Crippen LogP contribution in [-0.4, -0.2) is 53.0 Å². The third kappa shape index (κ3) is 7.00. The highest BCUT2D eigenvalue weighted by molar-refractivity contribution is 5.92. The van der Waals surface area contributed by atoms with Gasteiger partial charge in [0, 0.05) is 29.6 Å². The molecule has 0 spiro atoms. The second-order valence-corrected chi connectivity index (χ2v) is 11.6. The molecule has 0 bridgehead atoms. The highest BCUT2D eigenvalue weighted by Gasteiger charge is 2.37.